The van der Waals surface area contributed by atoms with Crippen molar-refractivity contribution in [2.24, 2.45) is 0 Å². The molecule has 3 rings (SSSR count). The molecule has 1 aliphatic carbocycles. The molecule has 112 valence electrons. The highest BCUT2D eigenvalue weighted by Gasteiger charge is 2.30. The summed E-state index contributed by atoms with van der Waals surface area (Å²) in [6.07, 6.45) is 4.90. The minimum absolute atomic E-state index is 0.377. The summed E-state index contributed by atoms with van der Waals surface area (Å²) < 4.78 is 5.56. The maximum atomic E-state index is 5.56. The first-order chi connectivity index (χ1) is 9.78. The SMILES string of the molecule is CNC1CCCCC1c1nc(N2CCN(C)CC2)no1. The lowest BCUT2D eigenvalue weighted by molar-refractivity contribution is 0.269. The van der Waals surface area contributed by atoms with Gasteiger partial charge in [0, 0.05) is 32.2 Å². The Labute approximate surface area is 120 Å². The second-order valence-electron chi connectivity index (χ2n) is 6.01. The zero-order valence-corrected chi connectivity index (χ0v) is 12.5. The average Bonchev–Trinajstić information content (AvgIpc) is 2.97. The first-order valence-corrected chi connectivity index (χ1v) is 7.72. The van der Waals surface area contributed by atoms with E-state index in [2.05, 4.69) is 32.3 Å². The van der Waals surface area contributed by atoms with Crippen LogP contribution in [-0.4, -0.2) is 61.4 Å². The van der Waals surface area contributed by atoms with Crippen LogP contribution in [0.25, 0.3) is 0 Å². The van der Waals surface area contributed by atoms with E-state index in [4.69, 9.17) is 4.52 Å². The van der Waals surface area contributed by atoms with Crippen molar-refractivity contribution in [3.63, 3.8) is 0 Å². The molecule has 1 saturated carbocycles. The number of anilines is 1. The zero-order valence-electron chi connectivity index (χ0n) is 12.5. The van der Waals surface area contributed by atoms with Gasteiger partial charge in [-0.05, 0) is 32.1 Å². The molecule has 0 bridgehead atoms. The van der Waals surface area contributed by atoms with Gasteiger partial charge in [-0.25, -0.2) is 0 Å². The highest BCUT2D eigenvalue weighted by Crippen LogP contribution is 2.32. The van der Waals surface area contributed by atoms with Gasteiger partial charge in [0.2, 0.25) is 5.89 Å². The Morgan fingerprint density at radius 2 is 1.90 bits per heavy atom. The van der Waals surface area contributed by atoms with E-state index in [1.54, 1.807) is 0 Å². The zero-order chi connectivity index (χ0) is 13.9. The van der Waals surface area contributed by atoms with Gasteiger partial charge < -0.3 is 19.6 Å². The van der Waals surface area contributed by atoms with Crippen molar-refractivity contribution in [2.75, 3.05) is 45.2 Å². The van der Waals surface area contributed by atoms with Crippen LogP contribution in [0.3, 0.4) is 0 Å². The van der Waals surface area contributed by atoms with Crippen molar-refractivity contribution < 1.29 is 4.52 Å². The quantitative estimate of drug-likeness (QED) is 0.893. The largest absolute Gasteiger partial charge is 0.337 e. The number of nitrogens with zero attached hydrogens (tertiary/aromatic N) is 4. The van der Waals surface area contributed by atoms with Crippen molar-refractivity contribution in [3.8, 4) is 0 Å². The standard InChI is InChI=1S/C14H25N5O/c1-15-12-6-4-3-5-11(12)13-16-14(17-20-13)19-9-7-18(2)8-10-19/h11-12,15H,3-10H2,1-2H3. The van der Waals surface area contributed by atoms with E-state index in [-0.39, 0.29) is 0 Å². The molecule has 1 aromatic heterocycles. The normalized spacial score (nSPS) is 28.8. The smallest absolute Gasteiger partial charge is 0.266 e. The number of hydrogen-bond acceptors (Lipinski definition) is 6. The van der Waals surface area contributed by atoms with Crippen LogP contribution in [0.2, 0.25) is 0 Å². The molecule has 1 saturated heterocycles. The fourth-order valence-corrected chi connectivity index (χ4v) is 3.28. The third kappa shape index (κ3) is 2.81. The van der Waals surface area contributed by atoms with Crippen LogP contribution < -0.4 is 10.2 Å². The van der Waals surface area contributed by atoms with Crippen molar-refractivity contribution in [1.29, 1.82) is 0 Å². The van der Waals surface area contributed by atoms with Crippen LogP contribution >= 0.6 is 0 Å². The van der Waals surface area contributed by atoms with Crippen LogP contribution in [0.5, 0.6) is 0 Å². The molecule has 2 unspecified atom stereocenters. The molecule has 2 aliphatic rings. The summed E-state index contributed by atoms with van der Waals surface area (Å²) >= 11 is 0. The maximum absolute atomic E-state index is 5.56. The van der Waals surface area contributed by atoms with Crippen molar-refractivity contribution in [2.45, 2.75) is 37.6 Å². The molecule has 6 heteroatoms. The number of aromatic nitrogens is 2. The molecule has 2 fully saturated rings. The van der Waals surface area contributed by atoms with E-state index in [1.807, 2.05) is 7.05 Å². The summed E-state index contributed by atoms with van der Waals surface area (Å²) in [7, 11) is 4.18. The van der Waals surface area contributed by atoms with E-state index >= 15 is 0 Å². The van der Waals surface area contributed by atoms with Gasteiger partial charge in [-0.3, -0.25) is 0 Å². The second kappa shape index (κ2) is 6.10. The molecule has 1 aliphatic heterocycles. The highest BCUT2D eigenvalue weighted by molar-refractivity contribution is 5.29. The Balaban J connectivity index is 1.69. The Hall–Kier alpha value is -1.14. The summed E-state index contributed by atoms with van der Waals surface area (Å²) in [6, 6.07) is 0.476. The number of piperazine rings is 1. The average molecular weight is 279 g/mol. The molecular formula is C14H25N5O. The first kappa shape index (κ1) is 13.8. The summed E-state index contributed by atoms with van der Waals surface area (Å²) in [4.78, 5) is 9.23. The fraction of sp³-hybridized carbons (Fsp3) is 0.857. The molecule has 0 aromatic carbocycles. The van der Waals surface area contributed by atoms with E-state index in [1.165, 1.54) is 19.3 Å². The molecule has 1 aromatic rings. The van der Waals surface area contributed by atoms with Crippen molar-refractivity contribution >= 4 is 5.95 Å². The monoisotopic (exact) mass is 279 g/mol. The Morgan fingerprint density at radius 1 is 1.15 bits per heavy atom. The van der Waals surface area contributed by atoms with Gasteiger partial charge in [-0.2, -0.15) is 4.98 Å². The number of likely N-dealkylation sites (N-methyl/N-ethyl adjacent to an activating group) is 2. The molecule has 0 amide bonds. The predicted octanol–water partition coefficient (Wildman–Crippen LogP) is 1.07. The topological polar surface area (TPSA) is 57.4 Å². The van der Waals surface area contributed by atoms with Crippen LogP contribution in [0.1, 0.15) is 37.5 Å². The van der Waals surface area contributed by atoms with Crippen LogP contribution in [0, 0.1) is 0 Å². The van der Waals surface area contributed by atoms with Gasteiger partial charge in [-0.1, -0.05) is 12.8 Å². The minimum Gasteiger partial charge on any atom is -0.337 e. The summed E-state index contributed by atoms with van der Waals surface area (Å²) in [6.45, 7) is 4.09. The van der Waals surface area contributed by atoms with Crippen LogP contribution in [0.15, 0.2) is 4.52 Å². The van der Waals surface area contributed by atoms with Gasteiger partial charge in [0.25, 0.3) is 5.95 Å². The minimum atomic E-state index is 0.377. The molecule has 0 radical (unpaired) electrons. The lowest BCUT2D eigenvalue weighted by Gasteiger charge is -2.31. The summed E-state index contributed by atoms with van der Waals surface area (Å²) in [5, 5.41) is 7.60. The van der Waals surface area contributed by atoms with Crippen LogP contribution in [0.4, 0.5) is 5.95 Å². The van der Waals surface area contributed by atoms with E-state index in [9.17, 15) is 0 Å². The third-order valence-corrected chi connectivity index (χ3v) is 4.67. The van der Waals surface area contributed by atoms with Gasteiger partial charge in [0.05, 0.1) is 5.92 Å². The molecule has 2 atom stereocenters. The molecular weight excluding hydrogens is 254 g/mol. The molecule has 6 nitrogen and oxygen atoms in total. The molecule has 1 N–H and O–H groups in total. The lowest BCUT2D eigenvalue weighted by Crippen LogP contribution is -2.45. The van der Waals surface area contributed by atoms with Gasteiger partial charge in [-0.15, -0.1) is 0 Å². The third-order valence-electron chi connectivity index (χ3n) is 4.67. The summed E-state index contributed by atoms with van der Waals surface area (Å²) in [5.74, 6) is 1.97. The Kier molecular flexibility index (Phi) is 4.21. The highest BCUT2D eigenvalue weighted by atomic mass is 16.5. The molecule has 2 heterocycles. The second-order valence-corrected chi connectivity index (χ2v) is 6.01. The number of rotatable bonds is 3. The van der Waals surface area contributed by atoms with E-state index in [0.717, 1.165) is 44.4 Å². The van der Waals surface area contributed by atoms with Gasteiger partial charge >= 0.3 is 0 Å². The lowest BCUT2D eigenvalue weighted by atomic mass is 9.84. The summed E-state index contributed by atoms with van der Waals surface area (Å²) in [5.41, 5.74) is 0. The number of hydrogen-bond donors (Lipinski definition) is 1. The van der Waals surface area contributed by atoms with Gasteiger partial charge in [0.15, 0.2) is 0 Å². The van der Waals surface area contributed by atoms with Gasteiger partial charge in [0.1, 0.15) is 0 Å². The van der Waals surface area contributed by atoms with Crippen molar-refractivity contribution in [1.82, 2.24) is 20.4 Å². The first-order valence-electron chi connectivity index (χ1n) is 7.72. The Bertz CT molecular complexity index is 427. The molecule has 0 spiro atoms. The van der Waals surface area contributed by atoms with Crippen molar-refractivity contribution in [3.05, 3.63) is 5.89 Å². The fourth-order valence-electron chi connectivity index (χ4n) is 3.28. The maximum Gasteiger partial charge on any atom is 0.266 e. The van der Waals surface area contributed by atoms with E-state index < -0.39 is 0 Å². The van der Waals surface area contributed by atoms with Crippen LogP contribution in [-0.2, 0) is 0 Å². The Morgan fingerprint density at radius 3 is 2.65 bits per heavy atom. The predicted molar refractivity (Wildman–Crippen MR) is 78.1 cm³/mol. The van der Waals surface area contributed by atoms with E-state index in [0.29, 0.717) is 12.0 Å². The molecule has 20 heavy (non-hydrogen) atoms. The number of nitrogens with one attached hydrogen (secondary N) is 1.